The molecule has 10 heteroatoms. The predicted octanol–water partition coefficient (Wildman–Crippen LogP) is 0.640. The van der Waals surface area contributed by atoms with Crippen molar-refractivity contribution in [2.24, 2.45) is 0 Å². The summed E-state index contributed by atoms with van der Waals surface area (Å²) in [4.78, 5) is 0. The zero-order chi connectivity index (χ0) is 21.4. The van der Waals surface area contributed by atoms with Gasteiger partial charge in [0, 0.05) is 0 Å². The first-order chi connectivity index (χ1) is 13.8. The van der Waals surface area contributed by atoms with Crippen molar-refractivity contribution in [2.75, 3.05) is 6.61 Å². The number of hydrogen-bond donors (Lipinski definition) is 4. The normalized spacial score (nSPS) is 27.7. The van der Waals surface area contributed by atoms with Gasteiger partial charge in [-0.15, -0.1) is 0 Å². The third-order valence-corrected chi connectivity index (χ3v) is 5.58. The first kappa shape index (κ1) is 24.0. The standard InChI is InChI=1S/C19H30O9S/c1-2-3-4-5-6-9-13-10-7-8-11-14(13)27-29(24,25)28-19-18(23)17(22)16(21)15(12-20)26-19/h7-8,10-11,15-23H,2-6,9,12H2,1H3/t15-,16-,17+,18+,19+/m1/s1. The summed E-state index contributed by atoms with van der Waals surface area (Å²) >= 11 is 0. The van der Waals surface area contributed by atoms with Crippen molar-refractivity contribution < 1.29 is 41.9 Å². The Labute approximate surface area is 171 Å². The molecule has 0 unspecified atom stereocenters. The molecule has 0 saturated carbocycles. The molecule has 1 aliphatic rings. The molecule has 1 fully saturated rings. The molecule has 1 aromatic carbocycles. The first-order valence-corrected chi connectivity index (χ1v) is 11.1. The number of hydrogen-bond acceptors (Lipinski definition) is 9. The lowest BCUT2D eigenvalue weighted by atomic mass is 10.00. The van der Waals surface area contributed by atoms with E-state index in [1.165, 1.54) is 6.07 Å². The Balaban J connectivity index is 2.02. The third-order valence-electron chi connectivity index (χ3n) is 4.78. The summed E-state index contributed by atoms with van der Waals surface area (Å²) in [7, 11) is -4.66. The van der Waals surface area contributed by atoms with Gasteiger partial charge in [-0.05, 0) is 24.5 Å². The Morgan fingerprint density at radius 1 is 1.00 bits per heavy atom. The summed E-state index contributed by atoms with van der Waals surface area (Å²) in [5.41, 5.74) is 0.699. The van der Waals surface area contributed by atoms with Gasteiger partial charge in [0.05, 0.1) is 6.61 Å². The van der Waals surface area contributed by atoms with Gasteiger partial charge in [-0.1, -0.05) is 50.8 Å². The van der Waals surface area contributed by atoms with Crippen molar-refractivity contribution in [1.29, 1.82) is 0 Å². The van der Waals surface area contributed by atoms with Crippen LogP contribution in [0.3, 0.4) is 0 Å². The maximum absolute atomic E-state index is 12.3. The number of aryl methyl sites for hydroxylation is 1. The zero-order valence-corrected chi connectivity index (χ0v) is 17.2. The van der Waals surface area contributed by atoms with E-state index in [9.17, 15) is 28.8 Å². The van der Waals surface area contributed by atoms with Crippen molar-refractivity contribution in [2.45, 2.75) is 76.2 Å². The lowest BCUT2D eigenvalue weighted by molar-refractivity contribution is -0.277. The van der Waals surface area contributed by atoms with Crippen molar-refractivity contribution in [3.8, 4) is 5.75 Å². The smallest absolute Gasteiger partial charge is 0.394 e. The molecular weight excluding hydrogens is 404 g/mol. The maximum Gasteiger partial charge on any atom is 0.451 e. The average molecular weight is 435 g/mol. The molecule has 5 atom stereocenters. The van der Waals surface area contributed by atoms with Crippen LogP contribution in [0, 0.1) is 0 Å². The predicted molar refractivity (Wildman–Crippen MR) is 103 cm³/mol. The van der Waals surface area contributed by atoms with Gasteiger partial charge in [0.25, 0.3) is 0 Å². The molecule has 0 radical (unpaired) electrons. The summed E-state index contributed by atoms with van der Waals surface area (Å²) in [6, 6.07) is 6.66. The lowest BCUT2D eigenvalue weighted by Crippen LogP contribution is -2.59. The Hall–Kier alpha value is -1.27. The maximum atomic E-state index is 12.3. The summed E-state index contributed by atoms with van der Waals surface area (Å²) in [6.45, 7) is 1.43. The molecule has 0 aliphatic carbocycles. The van der Waals surface area contributed by atoms with Crippen molar-refractivity contribution in [3.05, 3.63) is 29.8 Å². The van der Waals surface area contributed by atoms with Gasteiger partial charge < -0.3 is 29.3 Å². The minimum atomic E-state index is -4.66. The number of ether oxygens (including phenoxy) is 1. The van der Waals surface area contributed by atoms with Gasteiger partial charge in [-0.3, -0.25) is 0 Å². The topological polar surface area (TPSA) is 143 Å². The molecule has 0 bridgehead atoms. The SMILES string of the molecule is CCCCCCCc1ccccc1OS(=O)(=O)O[C@@H]1O[C@H](CO)[C@@H](O)[C@H](O)[C@@H]1O. The van der Waals surface area contributed by atoms with Crippen molar-refractivity contribution in [3.63, 3.8) is 0 Å². The largest absolute Gasteiger partial charge is 0.451 e. The molecule has 0 spiro atoms. The molecule has 1 heterocycles. The van der Waals surface area contributed by atoms with E-state index in [0.717, 1.165) is 32.1 Å². The van der Waals surface area contributed by atoms with Crippen LogP contribution in [-0.2, 0) is 25.7 Å². The number of aliphatic hydroxyl groups excluding tert-OH is 4. The zero-order valence-electron chi connectivity index (χ0n) is 16.4. The lowest BCUT2D eigenvalue weighted by Gasteiger charge is -2.38. The Morgan fingerprint density at radius 3 is 2.38 bits per heavy atom. The van der Waals surface area contributed by atoms with Crippen LogP contribution in [0.5, 0.6) is 5.75 Å². The highest BCUT2D eigenvalue weighted by Gasteiger charge is 2.46. The van der Waals surface area contributed by atoms with Crippen molar-refractivity contribution in [1.82, 2.24) is 0 Å². The van der Waals surface area contributed by atoms with E-state index in [1.54, 1.807) is 18.2 Å². The second kappa shape index (κ2) is 11.2. The van der Waals surface area contributed by atoms with Crippen LogP contribution >= 0.6 is 0 Å². The molecule has 0 amide bonds. The molecule has 29 heavy (non-hydrogen) atoms. The number of aliphatic hydroxyl groups is 4. The molecule has 1 aliphatic heterocycles. The Kier molecular flexibility index (Phi) is 9.28. The van der Waals surface area contributed by atoms with E-state index in [0.29, 0.717) is 12.0 Å². The van der Waals surface area contributed by atoms with E-state index in [4.69, 9.17) is 13.1 Å². The molecule has 1 aromatic rings. The molecule has 0 aromatic heterocycles. The highest BCUT2D eigenvalue weighted by molar-refractivity contribution is 7.82. The van der Waals surface area contributed by atoms with Gasteiger partial charge in [0.15, 0.2) is 0 Å². The Morgan fingerprint density at radius 2 is 1.69 bits per heavy atom. The van der Waals surface area contributed by atoms with Gasteiger partial charge in [-0.25, -0.2) is 4.18 Å². The molecule has 4 N–H and O–H groups in total. The van der Waals surface area contributed by atoms with Gasteiger partial charge >= 0.3 is 10.4 Å². The van der Waals surface area contributed by atoms with Crippen LogP contribution in [0.4, 0.5) is 0 Å². The van der Waals surface area contributed by atoms with Gasteiger partial charge in [0.1, 0.15) is 30.2 Å². The van der Waals surface area contributed by atoms with Crippen LogP contribution < -0.4 is 4.18 Å². The third kappa shape index (κ3) is 6.88. The fourth-order valence-corrected chi connectivity index (χ4v) is 3.92. The number of para-hydroxylation sites is 1. The van der Waals surface area contributed by atoms with Gasteiger partial charge in [-0.2, -0.15) is 8.42 Å². The molecular formula is C19H30O9S. The van der Waals surface area contributed by atoms with E-state index >= 15 is 0 Å². The summed E-state index contributed by atoms with van der Waals surface area (Å²) < 4.78 is 39.5. The fourth-order valence-electron chi connectivity index (χ4n) is 3.10. The monoisotopic (exact) mass is 434 g/mol. The quantitative estimate of drug-likeness (QED) is 0.369. The number of benzene rings is 1. The van der Waals surface area contributed by atoms with Crippen LogP contribution in [0.25, 0.3) is 0 Å². The minimum absolute atomic E-state index is 0.104. The summed E-state index contributed by atoms with van der Waals surface area (Å²) in [5.74, 6) is 0.104. The Bertz CT molecular complexity index is 722. The molecule has 166 valence electrons. The van der Waals surface area contributed by atoms with E-state index in [-0.39, 0.29) is 5.75 Å². The highest BCUT2D eigenvalue weighted by atomic mass is 32.3. The number of unbranched alkanes of at least 4 members (excludes halogenated alkanes) is 4. The summed E-state index contributed by atoms with van der Waals surface area (Å²) in [5, 5.41) is 38.6. The van der Waals surface area contributed by atoms with E-state index < -0.39 is 47.7 Å². The van der Waals surface area contributed by atoms with Crippen LogP contribution in [0.2, 0.25) is 0 Å². The number of rotatable bonds is 11. The van der Waals surface area contributed by atoms with Crippen molar-refractivity contribution >= 4 is 10.4 Å². The minimum Gasteiger partial charge on any atom is -0.394 e. The second-order valence-corrected chi connectivity index (χ2v) is 8.23. The van der Waals surface area contributed by atoms with E-state index in [2.05, 4.69) is 6.92 Å². The highest BCUT2D eigenvalue weighted by Crippen LogP contribution is 2.26. The molecule has 1 saturated heterocycles. The second-order valence-electron chi connectivity index (χ2n) is 7.06. The summed E-state index contributed by atoms with van der Waals surface area (Å²) in [6.07, 6.45) is -2.41. The van der Waals surface area contributed by atoms with Crippen LogP contribution in [0.15, 0.2) is 24.3 Å². The molecule has 9 nitrogen and oxygen atoms in total. The van der Waals surface area contributed by atoms with Crippen LogP contribution in [-0.4, -0.2) is 66.2 Å². The van der Waals surface area contributed by atoms with Crippen LogP contribution in [0.1, 0.15) is 44.6 Å². The van der Waals surface area contributed by atoms with Gasteiger partial charge in [0.2, 0.25) is 6.29 Å². The van der Waals surface area contributed by atoms with E-state index in [1.807, 2.05) is 0 Å². The fraction of sp³-hybridized carbons (Fsp3) is 0.684. The first-order valence-electron chi connectivity index (χ1n) is 9.80. The average Bonchev–Trinajstić information content (AvgIpc) is 2.69. The molecule has 2 rings (SSSR count).